The standard InChI is InChI=1S/C20H25N/c1-3-11-17-15(7-1)9-5-13-19(17)21-20-14-6-10-16-8-2-4-12-18(16)20/h5-6,9-10,13,20-21H,1-4,7-8,11-12,14H2. The molecule has 4 rings (SSSR count). The summed E-state index contributed by atoms with van der Waals surface area (Å²) < 4.78 is 0. The SMILES string of the molecule is C1=CC2=C(CCCC2)C(Nc2cccc3c2CCCC3)C1. The van der Waals surface area contributed by atoms with Crippen molar-refractivity contribution in [1.82, 2.24) is 0 Å². The summed E-state index contributed by atoms with van der Waals surface area (Å²) in [5, 5.41) is 3.90. The van der Waals surface area contributed by atoms with Crippen molar-refractivity contribution in [3.63, 3.8) is 0 Å². The zero-order valence-electron chi connectivity index (χ0n) is 12.8. The lowest BCUT2D eigenvalue weighted by Crippen LogP contribution is -2.27. The van der Waals surface area contributed by atoms with Crippen LogP contribution in [0.15, 0.2) is 41.5 Å². The van der Waals surface area contributed by atoms with E-state index in [-0.39, 0.29) is 0 Å². The quantitative estimate of drug-likeness (QED) is 0.787. The van der Waals surface area contributed by atoms with E-state index in [4.69, 9.17) is 0 Å². The van der Waals surface area contributed by atoms with Crippen molar-refractivity contribution >= 4 is 5.69 Å². The minimum absolute atomic E-state index is 0.540. The number of benzene rings is 1. The Morgan fingerprint density at radius 2 is 1.76 bits per heavy atom. The van der Waals surface area contributed by atoms with Crippen molar-refractivity contribution in [2.75, 3.05) is 5.32 Å². The molecule has 1 atom stereocenters. The van der Waals surface area contributed by atoms with Crippen molar-refractivity contribution in [2.45, 2.75) is 63.8 Å². The van der Waals surface area contributed by atoms with Crippen LogP contribution in [-0.4, -0.2) is 6.04 Å². The van der Waals surface area contributed by atoms with E-state index in [1.165, 1.54) is 57.1 Å². The third-order valence-corrected chi connectivity index (χ3v) is 5.39. The van der Waals surface area contributed by atoms with E-state index in [1.54, 1.807) is 22.3 Å². The van der Waals surface area contributed by atoms with Crippen LogP contribution in [-0.2, 0) is 12.8 Å². The number of aryl methyl sites for hydroxylation is 1. The topological polar surface area (TPSA) is 12.0 Å². The molecule has 0 fully saturated rings. The molecule has 0 aromatic heterocycles. The highest BCUT2D eigenvalue weighted by Crippen LogP contribution is 2.35. The molecule has 0 saturated carbocycles. The maximum Gasteiger partial charge on any atom is 0.0514 e. The summed E-state index contributed by atoms with van der Waals surface area (Å²) in [4.78, 5) is 0. The van der Waals surface area contributed by atoms with Crippen molar-refractivity contribution < 1.29 is 0 Å². The molecule has 21 heavy (non-hydrogen) atoms. The molecule has 0 aliphatic heterocycles. The first-order chi connectivity index (χ1) is 10.4. The Kier molecular flexibility index (Phi) is 3.58. The number of fused-ring (bicyclic) bond motifs is 1. The number of hydrogen-bond donors (Lipinski definition) is 1. The summed E-state index contributed by atoms with van der Waals surface area (Å²) in [7, 11) is 0. The second kappa shape index (κ2) is 5.71. The number of nitrogens with one attached hydrogen (secondary N) is 1. The lowest BCUT2D eigenvalue weighted by atomic mass is 9.82. The largest absolute Gasteiger partial charge is 0.378 e. The molecule has 3 aliphatic rings. The van der Waals surface area contributed by atoms with Crippen LogP contribution in [0, 0.1) is 0 Å². The predicted molar refractivity (Wildman–Crippen MR) is 89.7 cm³/mol. The first-order valence-electron chi connectivity index (χ1n) is 8.67. The summed E-state index contributed by atoms with van der Waals surface area (Å²) >= 11 is 0. The molecule has 1 unspecified atom stereocenters. The third-order valence-electron chi connectivity index (χ3n) is 5.39. The van der Waals surface area contributed by atoms with Crippen LogP contribution in [0.3, 0.4) is 0 Å². The smallest absolute Gasteiger partial charge is 0.0514 e. The van der Waals surface area contributed by atoms with Gasteiger partial charge in [0, 0.05) is 5.69 Å². The van der Waals surface area contributed by atoms with E-state index in [0.29, 0.717) is 6.04 Å². The van der Waals surface area contributed by atoms with Crippen LogP contribution >= 0.6 is 0 Å². The molecule has 1 aromatic carbocycles. The first-order valence-corrected chi connectivity index (χ1v) is 8.67. The second-order valence-electron chi connectivity index (χ2n) is 6.74. The molecule has 0 bridgehead atoms. The summed E-state index contributed by atoms with van der Waals surface area (Å²) in [6.45, 7) is 0. The van der Waals surface area contributed by atoms with Crippen LogP contribution in [0.2, 0.25) is 0 Å². The summed E-state index contributed by atoms with van der Waals surface area (Å²) in [6, 6.07) is 7.40. The summed E-state index contributed by atoms with van der Waals surface area (Å²) in [6.07, 6.45) is 16.5. The van der Waals surface area contributed by atoms with Crippen molar-refractivity contribution in [3.8, 4) is 0 Å². The average molecular weight is 279 g/mol. The molecule has 110 valence electrons. The molecule has 0 radical (unpaired) electrons. The number of hydrogen-bond acceptors (Lipinski definition) is 1. The average Bonchev–Trinajstić information content (AvgIpc) is 2.56. The second-order valence-corrected chi connectivity index (χ2v) is 6.74. The van der Waals surface area contributed by atoms with Crippen molar-refractivity contribution in [3.05, 3.63) is 52.6 Å². The molecule has 3 aliphatic carbocycles. The Balaban J connectivity index is 1.62. The van der Waals surface area contributed by atoms with Gasteiger partial charge in [0.1, 0.15) is 0 Å². The lowest BCUT2D eigenvalue weighted by Gasteiger charge is -2.31. The highest BCUT2D eigenvalue weighted by Gasteiger charge is 2.23. The fourth-order valence-electron chi connectivity index (χ4n) is 4.28. The van der Waals surface area contributed by atoms with Gasteiger partial charge in [0.25, 0.3) is 0 Å². The van der Waals surface area contributed by atoms with Gasteiger partial charge in [-0.15, -0.1) is 0 Å². The molecule has 1 nitrogen and oxygen atoms in total. The van der Waals surface area contributed by atoms with Gasteiger partial charge in [0.05, 0.1) is 6.04 Å². The van der Waals surface area contributed by atoms with Crippen molar-refractivity contribution in [2.24, 2.45) is 0 Å². The Morgan fingerprint density at radius 1 is 0.905 bits per heavy atom. The normalized spacial score (nSPS) is 24.5. The highest BCUT2D eigenvalue weighted by atomic mass is 14.9. The molecule has 0 heterocycles. The number of anilines is 1. The van der Waals surface area contributed by atoms with Crippen LogP contribution in [0.1, 0.15) is 56.1 Å². The number of allylic oxidation sites excluding steroid dienone is 2. The Labute approximate surface area is 128 Å². The summed E-state index contributed by atoms with van der Waals surface area (Å²) in [5.74, 6) is 0. The van der Waals surface area contributed by atoms with E-state index in [1.807, 2.05) is 0 Å². The minimum atomic E-state index is 0.540. The predicted octanol–water partition coefficient (Wildman–Crippen LogP) is 5.18. The van der Waals surface area contributed by atoms with E-state index in [0.717, 1.165) is 6.42 Å². The van der Waals surface area contributed by atoms with E-state index in [2.05, 4.69) is 35.7 Å². The van der Waals surface area contributed by atoms with Gasteiger partial charge in [-0.1, -0.05) is 24.3 Å². The molecule has 1 N–H and O–H groups in total. The Hall–Kier alpha value is -1.50. The van der Waals surface area contributed by atoms with Crippen molar-refractivity contribution in [1.29, 1.82) is 0 Å². The van der Waals surface area contributed by atoms with Gasteiger partial charge < -0.3 is 5.32 Å². The van der Waals surface area contributed by atoms with Gasteiger partial charge in [-0.05, 0) is 86.1 Å². The molecular formula is C20H25N. The van der Waals surface area contributed by atoms with Crippen LogP contribution in [0.5, 0.6) is 0 Å². The highest BCUT2D eigenvalue weighted by molar-refractivity contribution is 5.58. The van der Waals surface area contributed by atoms with Gasteiger partial charge in [-0.3, -0.25) is 0 Å². The van der Waals surface area contributed by atoms with Gasteiger partial charge >= 0.3 is 0 Å². The maximum atomic E-state index is 3.90. The molecule has 0 saturated heterocycles. The van der Waals surface area contributed by atoms with Crippen LogP contribution < -0.4 is 5.32 Å². The van der Waals surface area contributed by atoms with E-state index < -0.39 is 0 Å². The number of rotatable bonds is 2. The Bertz CT molecular complexity index is 594. The van der Waals surface area contributed by atoms with Crippen LogP contribution in [0.4, 0.5) is 5.69 Å². The summed E-state index contributed by atoms with van der Waals surface area (Å²) in [5.41, 5.74) is 7.89. The monoisotopic (exact) mass is 279 g/mol. The fourth-order valence-corrected chi connectivity index (χ4v) is 4.28. The molecular weight excluding hydrogens is 254 g/mol. The third kappa shape index (κ3) is 2.54. The molecule has 1 aromatic rings. The lowest BCUT2D eigenvalue weighted by molar-refractivity contribution is 0.625. The Morgan fingerprint density at radius 3 is 2.76 bits per heavy atom. The van der Waals surface area contributed by atoms with Gasteiger partial charge in [0.15, 0.2) is 0 Å². The van der Waals surface area contributed by atoms with Gasteiger partial charge in [0.2, 0.25) is 0 Å². The van der Waals surface area contributed by atoms with E-state index in [9.17, 15) is 0 Å². The fraction of sp³-hybridized carbons (Fsp3) is 0.500. The molecule has 1 heteroatoms. The first kappa shape index (κ1) is 13.2. The van der Waals surface area contributed by atoms with Gasteiger partial charge in [-0.2, -0.15) is 0 Å². The molecule has 0 spiro atoms. The molecule has 0 amide bonds. The minimum Gasteiger partial charge on any atom is -0.378 e. The maximum absolute atomic E-state index is 3.90. The zero-order valence-corrected chi connectivity index (χ0v) is 12.8. The van der Waals surface area contributed by atoms with Gasteiger partial charge in [-0.25, -0.2) is 0 Å². The zero-order chi connectivity index (χ0) is 14.1. The van der Waals surface area contributed by atoms with E-state index >= 15 is 0 Å². The van der Waals surface area contributed by atoms with Crippen LogP contribution in [0.25, 0.3) is 0 Å².